The molecule has 70 heavy (non-hydrogen) atoms. The molecule has 0 aliphatic carbocycles. The Morgan fingerprint density at radius 2 is 0.971 bits per heavy atom. The van der Waals surface area contributed by atoms with Gasteiger partial charge in [-0.3, -0.25) is 4.79 Å². The third-order valence-electron chi connectivity index (χ3n) is 13.5. The van der Waals surface area contributed by atoms with Crippen molar-refractivity contribution in [3.8, 4) is 0 Å². The number of carbonyl (C=O) groups is 1. The van der Waals surface area contributed by atoms with E-state index in [-0.39, 0.29) is 18.9 Å². The van der Waals surface area contributed by atoms with Gasteiger partial charge in [-0.05, 0) is 51.4 Å². The molecule has 2 aliphatic rings. The largest absolute Gasteiger partial charge is 0.394 e. The van der Waals surface area contributed by atoms with Crippen LogP contribution in [0.25, 0.3) is 0 Å². The molecule has 2 saturated heterocycles. The smallest absolute Gasteiger partial charge is 0.220 e. The fourth-order valence-electron chi connectivity index (χ4n) is 8.95. The van der Waals surface area contributed by atoms with E-state index in [0.29, 0.717) is 6.42 Å². The van der Waals surface area contributed by atoms with Crippen molar-refractivity contribution in [2.45, 2.75) is 280 Å². The number of allylic oxidation sites excluding steroid dienone is 7. The number of aliphatic hydroxyl groups excluding tert-OH is 8. The number of aliphatic hydroxyl groups is 8. The average molecular weight is 996 g/mol. The zero-order chi connectivity index (χ0) is 51.0. The molecule has 0 aromatic carbocycles. The number of rotatable bonds is 43. The summed E-state index contributed by atoms with van der Waals surface area (Å²) in [5.41, 5.74) is 0. The van der Waals surface area contributed by atoms with Gasteiger partial charge in [0, 0.05) is 6.42 Å². The first kappa shape index (κ1) is 64.1. The third kappa shape index (κ3) is 28.4. The van der Waals surface area contributed by atoms with E-state index in [4.69, 9.17) is 18.9 Å². The van der Waals surface area contributed by atoms with Gasteiger partial charge in [0.05, 0.1) is 32.0 Å². The van der Waals surface area contributed by atoms with Crippen molar-refractivity contribution in [2.75, 3.05) is 19.8 Å². The van der Waals surface area contributed by atoms with Crippen LogP contribution in [0.5, 0.6) is 0 Å². The summed E-state index contributed by atoms with van der Waals surface area (Å²) in [5, 5.41) is 85.9. The van der Waals surface area contributed by atoms with E-state index < -0.39 is 86.8 Å². The molecular weight excluding hydrogens is 895 g/mol. The number of unbranched alkanes of at least 4 members (excludes halogenated alkanes) is 24. The maximum atomic E-state index is 13.0. The van der Waals surface area contributed by atoms with Crippen LogP contribution < -0.4 is 5.32 Å². The summed E-state index contributed by atoms with van der Waals surface area (Å²) in [7, 11) is 0. The number of amides is 1. The zero-order valence-electron chi connectivity index (χ0n) is 43.5. The van der Waals surface area contributed by atoms with E-state index >= 15 is 0 Å². The van der Waals surface area contributed by atoms with Gasteiger partial charge in [0.1, 0.15) is 48.8 Å². The minimum Gasteiger partial charge on any atom is -0.394 e. The second-order valence-electron chi connectivity index (χ2n) is 19.7. The quantitative estimate of drug-likeness (QED) is 0.0207. The van der Waals surface area contributed by atoms with Crippen molar-refractivity contribution in [3.05, 3.63) is 48.6 Å². The Morgan fingerprint density at radius 3 is 1.47 bits per heavy atom. The summed E-state index contributed by atoms with van der Waals surface area (Å²) in [6, 6.07) is -0.909. The van der Waals surface area contributed by atoms with Crippen LogP contribution in [0.15, 0.2) is 48.6 Å². The van der Waals surface area contributed by atoms with Crippen LogP contribution in [0.3, 0.4) is 0 Å². The molecule has 0 aromatic heterocycles. The highest BCUT2D eigenvalue weighted by Gasteiger charge is 2.51. The first-order valence-electron chi connectivity index (χ1n) is 27.9. The number of hydrogen-bond acceptors (Lipinski definition) is 13. The number of hydrogen-bond donors (Lipinski definition) is 9. The number of nitrogens with one attached hydrogen (secondary N) is 1. The van der Waals surface area contributed by atoms with Gasteiger partial charge in [-0.25, -0.2) is 0 Å². The van der Waals surface area contributed by atoms with E-state index in [1.165, 1.54) is 135 Å². The van der Waals surface area contributed by atoms with E-state index in [9.17, 15) is 45.6 Å². The predicted octanol–water partition coefficient (Wildman–Crippen LogP) is 8.44. The minimum absolute atomic E-state index is 0.251. The molecule has 1 amide bonds. The first-order valence-corrected chi connectivity index (χ1v) is 27.9. The van der Waals surface area contributed by atoms with Crippen molar-refractivity contribution in [3.63, 3.8) is 0 Å². The molecule has 2 fully saturated rings. The maximum Gasteiger partial charge on any atom is 0.220 e. The summed E-state index contributed by atoms with van der Waals surface area (Å²) in [4.78, 5) is 13.0. The predicted molar refractivity (Wildman–Crippen MR) is 277 cm³/mol. The summed E-state index contributed by atoms with van der Waals surface area (Å²) >= 11 is 0. The summed E-state index contributed by atoms with van der Waals surface area (Å²) in [6.45, 7) is 2.54. The summed E-state index contributed by atoms with van der Waals surface area (Å²) in [6.07, 6.45) is 35.9. The van der Waals surface area contributed by atoms with E-state index in [0.717, 1.165) is 44.9 Å². The Bertz CT molecular complexity index is 1360. The van der Waals surface area contributed by atoms with Crippen molar-refractivity contribution < 1.29 is 64.6 Å². The highest BCUT2D eigenvalue weighted by Crippen LogP contribution is 2.30. The summed E-state index contributed by atoms with van der Waals surface area (Å²) in [5.74, 6) is -0.251. The normalized spacial score (nSPS) is 26.3. The Balaban J connectivity index is 1.51. The molecule has 408 valence electrons. The van der Waals surface area contributed by atoms with Gasteiger partial charge >= 0.3 is 0 Å². The minimum atomic E-state index is -1.79. The Labute approximate surface area is 423 Å². The van der Waals surface area contributed by atoms with Crippen LogP contribution >= 0.6 is 0 Å². The fraction of sp³-hybridized carbons (Fsp3) is 0.839. The molecule has 9 N–H and O–H groups in total. The second kappa shape index (κ2) is 42.3. The molecular formula is C56H101NO13. The molecule has 0 radical (unpaired) electrons. The maximum absolute atomic E-state index is 13.0. The Hall–Kier alpha value is -2.05. The molecule has 2 rings (SSSR count). The SMILES string of the molecule is CCC/C=C/C(O)C(COC1OC(CO)C(OC2OC(CO)C(O)C(O)C2O)C(O)C1O)NC(=O)CCCCCCCCCCCCCCCCCCCC/C=C\C/C=C\C/C=C\CCCCCCC. The molecule has 0 spiro atoms. The van der Waals surface area contributed by atoms with Gasteiger partial charge < -0.3 is 65.1 Å². The fourth-order valence-corrected chi connectivity index (χ4v) is 8.95. The highest BCUT2D eigenvalue weighted by atomic mass is 16.7. The molecule has 12 unspecified atom stereocenters. The van der Waals surface area contributed by atoms with Crippen LogP contribution in [-0.2, 0) is 23.7 Å². The number of ether oxygens (including phenoxy) is 4. The molecule has 0 bridgehead atoms. The van der Waals surface area contributed by atoms with Crippen LogP contribution in [0, 0.1) is 0 Å². The Morgan fingerprint density at radius 1 is 0.514 bits per heavy atom. The van der Waals surface area contributed by atoms with Gasteiger partial charge in [0.2, 0.25) is 5.91 Å². The standard InChI is InChI=1S/C56H101NO13/c1-3-5-7-8-9-10-11-12-13-14-15-16-17-18-19-20-21-22-23-24-25-26-27-28-29-30-31-32-33-34-35-36-38-40-48(61)57-44(45(60)39-37-6-4-2)43-67-55-53(66)51(64)54(47(42-59)69-55)70-56-52(65)50(63)49(62)46(41-58)68-56/h11-12,14-15,17-18,37,39,44-47,49-56,58-60,62-66H,3-10,13,16,19-36,38,40-43H2,1-2H3,(H,57,61)/b12-11-,15-14-,18-17-,39-37+. The van der Waals surface area contributed by atoms with Crippen LogP contribution in [0.4, 0.5) is 0 Å². The van der Waals surface area contributed by atoms with Gasteiger partial charge in [-0.1, -0.05) is 197 Å². The van der Waals surface area contributed by atoms with Gasteiger partial charge in [0.15, 0.2) is 12.6 Å². The monoisotopic (exact) mass is 996 g/mol. The average Bonchev–Trinajstić information content (AvgIpc) is 3.36. The molecule has 14 heteroatoms. The molecule has 2 aliphatic heterocycles. The second-order valence-corrected chi connectivity index (χ2v) is 19.7. The van der Waals surface area contributed by atoms with Crippen molar-refractivity contribution in [1.29, 1.82) is 0 Å². The van der Waals surface area contributed by atoms with Crippen molar-refractivity contribution in [2.24, 2.45) is 0 Å². The van der Waals surface area contributed by atoms with Gasteiger partial charge in [-0.15, -0.1) is 0 Å². The van der Waals surface area contributed by atoms with Gasteiger partial charge in [-0.2, -0.15) is 0 Å². The van der Waals surface area contributed by atoms with Crippen LogP contribution in [0.2, 0.25) is 0 Å². The first-order chi connectivity index (χ1) is 34.1. The van der Waals surface area contributed by atoms with E-state index in [1.807, 2.05) is 13.0 Å². The lowest BCUT2D eigenvalue weighted by Gasteiger charge is -2.46. The molecule has 14 nitrogen and oxygen atoms in total. The summed E-state index contributed by atoms with van der Waals surface area (Å²) < 4.78 is 22.5. The molecule has 0 aromatic rings. The van der Waals surface area contributed by atoms with E-state index in [2.05, 4.69) is 48.7 Å². The highest BCUT2D eigenvalue weighted by molar-refractivity contribution is 5.76. The lowest BCUT2D eigenvalue weighted by molar-refractivity contribution is -0.359. The number of carbonyl (C=O) groups excluding carboxylic acids is 1. The van der Waals surface area contributed by atoms with Crippen LogP contribution in [-0.4, -0.2) is 140 Å². The van der Waals surface area contributed by atoms with Crippen molar-refractivity contribution in [1.82, 2.24) is 5.32 Å². The third-order valence-corrected chi connectivity index (χ3v) is 13.5. The van der Waals surface area contributed by atoms with Crippen LogP contribution in [0.1, 0.15) is 206 Å². The van der Waals surface area contributed by atoms with Gasteiger partial charge in [0.25, 0.3) is 0 Å². The lowest BCUT2D eigenvalue weighted by atomic mass is 9.97. The molecule has 0 saturated carbocycles. The van der Waals surface area contributed by atoms with Crippen molar-refractivity contribution >= 4 is 5.91 Å². The molecule has 12 atom stereocenters. The molecule has 2 heterocycles. The zero-order valence-corrected chi connectivity index (χ0v) is 43.5. The Kier molecular flexibility index (Phi) is 38.7. The topological polar surface area (TPSA) is 228 Å². The lowest BCUT2D eigenvalue weighted by Crippen LogP contribution is -2.65. The van der Waals surface area contributed by atoms with E-state index in [1.54, 1.807) is 6.08 Å².